The van der Waals surface area contributed by atoms with Crippen molar-refractivity contribution in [3.63, 3.8) is 0 Å². The molecule has 0 atom stereocenters. The van der Waals surface area contributed by atoms with E-state index in [-0.39, 0.29) is 5.78 Å². The zero-order valence-corrected chi connectivity index (χ0v) is 12.3. The van der Waals surface area contributed by atoms with Crippen LogP contribution >= 0.6 is 11.3 Å². The van der Waals surface area contributed by atoms with Crippen molar-refractivity contribution in [2.24, 2.45) is 0 Å². The van der Waals surface area contributed by atoms with Crippen molar-refractivity contribution in [3.8, 4) is 6.07 Å². The predicted molar refractivity (Wildman–Crippen MR) is 81.4 cm³/mol. The Morgan fingerprint density at radius 1 is 1.40 bits per heavy atom. The molecule has 0 saturated carbocycles. The molecule has 2 N–H and O–H groups in total. The van der Waals surface area contributed by atoms with Crippen molar-refractivity contribution in [2.75, 3.05) is 5.73 Å². The maximum Gasteiger partial charge on any atom is 0.171 e. The first-order valence-corrected chi connectivity index (χ1v) is 7.01. The smallest absolute Gasteiger partial charge is 0.171 e. The Kier molecular flexibility index (Phi) is 2.59. The van der Waals surface area contributed by atoms with Gasteiger partial charge in [-0.1, -0.05) is 6.07 Å². The number of ketones is 1. The first kappa shape index (κ1) is 12.7. The van der Waals surface area contributed by atoms with E-state index in [4.69, 9.17) is 5.73 Å². The maximum atomic E-state index is 11.6. The highest BCUT2D eigenvalue weighted by Crippen LogP contribution is 2.40. The monoisotopic (exact) mass is 283 g/mol. The Morgan fingerprint density at radius 2 is 2.10 bits per heavy atom. The number of hydrogen-bond acceptors (Lipinski definition) is 4. The zero-order valence-electron chi connectivity index (χ0n) is 11.4. The van der Waals surface area contributed by atoms with Crippen LogP contribution in [0.4, 0.5) is 5.69 Å². The van der Waals surface area contributed by atoms with Gasteiger partial charge in [0.15, 0.2) is 5.78 Å². The van der Waals surface area contributed by atoms with Gasteiger partial charge in [-0.15, -0.1) is 11.3 Å². The molecule has 0 aromatic carbocycles. The summed E-state index contributed by atoms with van der Waals surface area (Å²) in [6, 6.07) is 4.30. The van der Waals surface area contributed by atoms with Crippen molar-refractivity contribution < 1.29 is 4.79 Å². The molecular weight excluding hydrogens is 270 g/mol. The molecule has 0 aliphatic heterocycles. The Morgan fingerprint density at radius 3 is 2.70 bits per heavy atom. The number of nitrogen functional groups attached to an aromatic ring is 1. The summed E-state index contributed by atoms with van der Waals surface area (Å²) in [6.45, 7) is 5.48. The summed E-state index contributed by atoms with van der Waals surface area (Å²) in [4.78, 5) is 12.2. The molecule has 3 aromatic heterocycles. The average molecular weight is 283 g/mol. The minimum absolute atomic E-state index is 0.0642. The second-order valence-electron chi connectivity index (χ2n) is 4.98. The third kappa shape index (κ3) is 1.49. The standard InChI is InChI=1S/C15H13N3OS/c1-7-4-8(2)12-10(5-16)15-13(18(12)6-7)11(17)14(20-15)9(3)19/h4,6H,17H2,1-3H3. The average Bonchev–Trinajstić information content (AvgIpc) is 2.85. The minimum atomic E-state index is -0.0642. The van der Waals surface area contributed by atoms with E-state index in [0.717, 1.165) is 26.9 Å². The van der Waals surface area contributed by atoms with Gasteiger partial charge in [0.2, 0.25) is 0 Å². The third-order valence-corrected chi connectivity index (χ3v) is 4.76. The van der Waals surface area contributed by atoms with Crippen LogP contribution in [-0.4, -0.2) is 10.2 Å². The quantitative estimate of drug-likeness (QED) is 0.695. The second-order valence-corrected chi connectivity index (χ2v) is 6.01. The van der Waals surface area contributed by atoms with Gasteiger partial charge in [0, 0.05) is 13.1 Å². The Hall–Kier alpha value is -2.32. The van der Waals surface area contributed by atoms with Crippen molar-refractivity contribution in [3.05, 3.63) is 33.8 Å². The number of thiophene rings is 1. The largest absolute Gasteiger partial charge is 0.396 e. The van der Waals surface area contributed by atoms with Gasteiger partial charge in [0.25, 0.3) is 0 Å². The number of nitriles is 1. The number of hydrogen-bond donors (Lipinski definition) is 1. The van der Waals surface area contributed by atoms with Crippen molar-refractivity contribution in [1.82, 2.24) is 4.40 Å². The van der Waals surface area contributed by atoms with Crippen LogP contribution in [0.3, 0.4) is 0 Å². The molecule has 4 nitrogen and oxygen atoms in total. The molecule has 0 aliphatic rings. The minimum Gasteiger partial charge on any atom is -0.396 e. The van der Waals surface area contributed by atoms with E-state index in [1.165, 1.54) is 18.3 Å². The van der Waals surface area contributed by atoms with Crippen LogP contribution < -0.4 is 5.73 Å². The Bertz CT molecular complexity index is 925. The van der Waals surface area contributed by atoms with Crippen molar-refractivity contribution >= 4 is 38.5 Å². The van der Waals surface area contributed by atoms with Gasteiger partial charge >= 0.3 is 0 Å². The van der Waals surface area contributed by atoms with Gasteiger partial charge in [-0.25, -0.2) is 0 Å². The summed E-state index contributed by atoms with van der Waals surface area (Å²) in [5, 5.41) is 9.47. The summed E-state index contributed by atoms with van der Waals surface area (Å²) in [5.74, 6) is -0.0642. The van der Waals surface area contributed by atoms with E-state index in [0.29, 0.717) is 16.1 Å². The van der Waals surface area contributed by atoms with E-state index in [1.807, 2.05) is 30.5 Å². The third-order valence-electron chi connectivity index (χ3n) is 3.45. The number of Topliss-reactive ketones (excluding diaryl/α,β-unsaturated/α-hetero) is 1. The van der Waals surface area contributed by atoms with Crippen LogP contribution in [0.15, 0.2) is 12.3 Å². The molecule has 3 heterocycles. The number of carbonyl (C=O) groups is 1. The van der Waals surface area contributed by atoms with Crippen LogP contribution in [0.1, 0.15) is 33.3 Å². The van der Waals surface area contributed by atoms with Crippen LogP contribution in [0.5, 0.6) is 0 Å². The van der Waals surface area contributed by atoms with Gasteiger partial charge < -0.3 is 10.1 Å². The lowest BCUT2D eigenvalue weighted by Gasteiger charge is -2.04. The number of fused-ring (bicyclic) bond motifs is 3. The molecule has 0 saturated heterocycles. The number of carbonyl (C=O) groups excluding carboxylic acids is 1. The first-order valence-electron chi connectivity index (χ1n) is 6.20. The molecule has 20 heavy (non-hydrogen) atoms. The van der Waals surface area contributed by atoms with E-state index >= 15 is 0 Å². The first-order chi connectivity index (χ1) is 9.45. The highest BCUT2D eigenvalue weighted by molar-refractivity contribution is 7.22. The van der Waals surface area contributed by atoms with Crippen molar-refractivity contribution in [1.29, 1.82) is 5.26 Å². The normalized spacial score (nSPS) is 11.1. The Labute approximate surface area is 120 Å². The number of rotatable bonds is 1. The molecule has 0 spiro atoms. The lowest BCUT2D eigenvalue weighted by molar-refractivity contribution is 0.102. The van der Waals surface area contributed by atoms with Crippen LogP contribution in [0.25, 0.3) is 15.7 Å². The SMILES string of the molecule is CC(=O)c1sc2c(C#N)c3c(C)cc(C)cn3c2c1N. The number of nitrogens with zero attached hydrogens (tertiary/aromatic N) is 2. The van der Waals surface area contributed by atoms with Gasteiger partial charge in [0.1, 0.15) is 6.07 Å². The number of anilines is 1. The van der Waals surface area contributed by atoms with Crippen LogP contribution in [-0.2, 0) is 0 Å². The summed E-state index contributed by atoms with van der Waals surface area (Å²) < 4.78 is 2.74. The van der Waals surface area contributed by atoms with E-state index in [2.05, 4.69) is 6.07 Å². The number of nitrogens with two attached hydrogens (primary N) is 1. The van der Waals surface area contributed by atoms with Crippen LogP contribution in [0.2, 0.25) is 0 Å². The summed E-state index contributed by atoms with van der Waals surface area (Å²) in [5.41, 5.74) is 11.0. The highest BCUT2D eigenvalue weighted by Gasteiger charge is 2.22. The van der Waals surface area contributed by atoms with Gasteiger partial charge in [-0.05, 0) is 25.0 Å². The fourth-order valence-electron chi connectivity index (χ4n) is 2.72. The van der Waals surface area contributed by atoms with Gasteiger partial charge in [-0.2, -0.15) is 5.26 Å². The molecule has 3 aromatic rings. The molecule has 100 valence electrons. The van der Waals surface area contributed by atoms with E-state index in [1.54, 1.807) is 0 Å². The molecule has 0 fully saturated rings. The lowest BCUT2D eigenvalue weighted by atomic mass is 10.1. The molecule has 0 aliphatic carbocycles. The topological polar surface area (TPSA) is 71.3 Å². The van der Waals surface area contributed by atoms with E-state index < -0.39 is 0 Å². The number of aryl methyl sites for hydroxylation is 2. The lowest BCUT2D eigenvalue weighted by Crippen LogP contribution is -1.97. The number of aromatic nitrogens is 1. The molecule has 5 heteroatoms. The second kappa shape index (κ2) is 4.09. The molecule has 0 unspecified atom stereocenters. The van der Waals surface area contributed by atoms with Gasteiger partial charge in [0.05, 0.1) is 31.9 Å². The van der Waals surface area contributed by atoms with Crippen LogP contribution in [0, 0.1) is 25.2 Å². The zero-order chi connectivity index (χ0) is 14.6. The number of pyridine rings is 1. The fraction of sp³-hybridized carbons (Fsp3) is 0.200. The predicted octanol–water partition coefficient (Wildman–Crippen LogP) is 3.43. The molecule has 0 radical (unpaired) electrons. The Balaban J connectivity index is 2.63. The van der Waals surface area contributed by atoms with Crippen molar-refractivity contribution in [2.45, 2.75) is 20.8 Å². The molecule has 0 amide bonds. The summed E-state index contributed by atoms with van der Waals surface area (Å²) >= 11 is 1.31. The molecule has 0 bridgehead atoms. The molecule has 3 rings (SSSR count). The summed E-state index contributed by atoms with van der Waals surface area (Å²) in [7, 11) is 0. The summed E-state index contributed by atoms with van der Waals surface area (Å²) in [6.07, 6.45) is 1.96. The van der Waals surface area contributed by atoms with Gasteiger partial charge in [-0.3, -0.25) is 4.79 Å². The van der Waals surface area contributed by atoms with E-state index in [9.17, 15) is 10.1 Å². The highest BCUT2D eigenvalue weighted by atomic mass is 32.1. The maximum absolute atomic E-state index is 11.6. The fourth-order valence-corrected chi connectivity index (χ4v) is 3.82. The molecular formula is C15H13N3OS.